The van der Waals surface area contributed by atoms with Crippen molar-refractivity contribution in [1.82, 2.24) is 4.90 Å². The molecule has 0 spiro atoms. The maximum Gasteiger partial charge on any atom is 0.255 e. The Hall–Kier alpha value is -3.61. The zero-order valence-electron chi connectivity index (χ0n) is 18.5. The molecule has 0 saturated heterocycles. The molecule has 33 heavy (non-hydrogen) atoms. The molecule has 4 atom stereocenters. The number of nitrogens with two attached hydrogens (primary N) is 1. The zero-order valence-corrected chi connectivity index (χ0v) is 18.5. The molecule has 9 heteroatoms. The summed E-state index contributed by atoms with van der Waals surface area (Å²) < 4.78 is 0. The highest BCUT2D eigenvalue weighted by molar-refractivity contribution is 6.24. The Kier molecular flexibility index (Phi) is 6.11. The molecule has 2 aliphatic carbocycles. The number of aldehydes is 1. The smallest absolute Gasteiger partial charge is 0.255 e. The summed E-state index contributed by atoms with van der Waals surface area (Å²) in [5.41, 5.74) is 3.16. The lowest BCUT2D eigenvalue weighted by Crippen LogP contribution is -2.63. The lowest BCUT2D eigenvalue weighted by atomic mass is 9.60. The number of carbonyl (C=O) groups is 3. The van der Waals surface area contributed by atoms with Gasteiger partial charge in [-0.2, -0.15) is 0 Å². The van der Waals surface area contributed by atoms with Crippen molar-refractivity contribution >= 4 is 18.0 Å². The van der Waals surface area contributed by atoms with Crippen LogP contribution >= 0.6 is 0 Å². The van der Waals surface area contributed by atoms with Crippen molar-refractivity contribution in [3.8, 4) is 18.1 Å². The minimum Gasteiger partial charge on any atom is -0.510 e. The second-order valence-corrected chi connectivity index (χ2v) is 8.67. The highest BCUT2D eigenvalue weighted by atomic mass is 16.3. The van der Waals surface area contributed by atoms with Gasteiger partial charge in [-0.15, -0.1) is 6.42 Å². The molecular formula is C24H26N2O7. The summed E-state index contributed by atoms with van der Waals surface area (Å²) in [6.07, 6.45) is 6.05. The van der Waals surface area contributed by atoms with Gasteiger partial charge in [0.1, 0.15) is 29.1 Å². The van der Waals surface area contributed by atoms with Gasteiger partial charge in [0, 0.05) is 17.1 Å². The molecule has 0 aromatic heterocycles. The van der Waals surface area contributed by atoms with Crippen LogP contribution in [-0.4, -0.2) is 69.0 Å². The molecule has 3 rings (SSSR count). The van der Waals surface area contributed by atoms with Crippen LogP contribution in [0.5, 0.6) is 5.75 Å². The van der Waals surface area contributed by atoms with Gasteiger partial charge in [0.25, 0.3) is 5.91 Å². The lowest BCUT2D eigenvalue weighted by molar-refractivity contribution is -0.148. The molecule has 0 unspecified atom stereocenters. The fourth-order valence-electron chi connectivity index (χ4n) is 5.05. The van der Waals surface area contributed by atoms with Crippen LogP contribution in [0.25, 0.3) is 0 Å². The zero-order chi connectivity index (χ0) is 24.8. The number of hydrogen-bond donors (Lipinski definition) is 5. The Labute approximate surface area is 190 Å². The highest BCUT2D eigenvalue weighted by Crippen LogP contribution is 2.49. The van der Waals surface area contributed by atoms with E-state index in [4.69, 9.17) is 12.2 Å². The van der Waals surface area contributed by atoms with Gasteiger partial charge in [0.2, 0.25) is 5.78 Å². The number of terminal acetylenes is 1. The molecule has 0 saturated carbocycles. The number of benzene rings is 1. The average Bonchev–Trinajstić information content (AvgIpc) is 2.74. The molecule has 0 fully saturated rings. The van der Waals surface area contributed by atoms with Crippen LogP contribution in [0.15, 0.2) is 34.8 Å². The summed E-state index contributed by atoms with van der Waals surface area (Å²) in [4.78, 5) is 38.5. The summed E-state index contributed by atoms with van der Waals surface area (Å²) in [7, 11) is 3.13. The number of phenolic OH excluding ortho intramolecular Hbond substituents is 1. The highest BCUT2D eigenvalue weighted by Gasteiger charge is 2.62. The predicted octanol–water partition coefficient (Wildman–Crippen LogP) is 0.413. The van der Waals surface area contributed by atoms with E-state index in [0.29, 0.717) is 23.0 Å². The Morgan fingerprint density at radius 3 is 2.48 bits per heavy atom. The van der Waals surface area contributed by atoms with Crippen molar-refractivity contribution in [2.75, 3.05) is 14.1 Å². The average molecular weight is 454 g/mol. The first-order chi connectivity index (χ1) is 15.4. The molecule has 9 nitrogen and oxygen atoms in total. The number of primary amides is 1. The molecule has 0 radical (unpaired) electrons. The first-order valence-corrected chi connectivity index (χ1v) is 10.2. The third kappa shape index (κ3) is 3.48. The van der Waals surface area contributed by atoms with E-state index < -0.39 is 52.3 Å². The molecule has 1 aromatic carbocycles. The van der Waals surface area contributed by atoms with Gasteiger partial charge in [-0.25, -0.2) is 0 Å². The Bertz CT molecular complexity index is 1160. The Morgan fingerprint density at radius 2 is 1.97 bits per heavy atom. The molecule has 1 amide bonds. The minimum atomic E-state index is -2.62. The monoisotopic (exact) mass is 454 g/mol. The summed E-state index contributed by atoms with van der Waals surface area (Å²) in [5.74, 6) is -3.29. The lowest BCUT2D eigenvalue weighted by Gasteiger charge is -2.49. The molecule has 0 bridgehead atoms. The summed E-state index contributed by atoms with van der Waals surface area (Å²) in [5, 5.41) is 43.3. The standard InChI is InChI=1S/C24H26N2O7/c1-5-12-6-7-17(28)11(2)14(12)8-13-9-16-19(26(3)4)20(29)18(23(25)32)22(31)24(16,33)21(30)15(13)10-27/h1,6-7,10,13,16,19,28-30,33H,8-9H2,2-4H3,(H2,25,32)/t13-,16-,19+,24-/m0/s1. The second kappa shape index (κ2) is 8.39. The van der Waals surface area contributed by atoms with Gasteiger partial charge in [-0.3, -0.25) is 19.3 Å². The van der Waals surface area contributed by atoms with Crippen LogP contribution in [0.3, 0.4) is 0 Å². The predicted molar refractivity (Wildman–Crippen MR) is 118 cm³/mol. The van der Waals surface area contributed by atoms with Gasteiger partial charge < -0.3 is 26.2 Å². The second-order valence-electron chi connectivity index (χ2n) is 8.67. The number of ketones is 1. The first kappa shape index (κ1) is 24.0. The van der Waals surface area contributed by atoms with E-state index in [2.05, 4.69) is 5.92 Å². The van der Waals surface area contributed by atoms with Gasteiger partial charge in [-0.1, -0.05) is 5.92 Å². The molecule has 1 aromatic rings. The number of rotatable bonds is 5. The first-order valence-electron chi connectivity index (χ1n) is 10.2. The number of aliphatic hydroxyl groups excluding tert-OH is 2. The van der Waals surface area contributed by atoms with Crippen molar-refractivity contribution < 1.29 is 34.8 Å². The van der Waals surface area contributed by atoms with Crippen molar-refractivity contribution in [3.63, 3.8) is 0 Å². The van der Waals surface area contributed by atoms with E-state index in [1.807, 2.05) is 0 Å². The van der Waals surface area contributed by atoms with Crippen LogP contribution in [0, 0.1) is 31.1 Å². The number of aliphatic hydroxyl groups is 3. The normalized spacial score (nSPS) is 27.4. The molecule has 6 N–H and O–H groups in total. The molecule has 0 aliphatic heterocycles. The number of carbonyl (C=O) groups excluding carboxylic acids is 3. The summed E-state index contributed by atoms with van der Waals surface area (Å²) >= 11 is 0. The summed E-state index contributed by atoms with van der Waals surface area (Å²) in [6.45, 7) is 1.66. The van der Waals surface area contributed by atoms with E-state index >= 15 is 0 Å². The Morgan fingerprint density at radius 1 is 1.33 bits per heavy atom. The largest absolute Gasteiger partial charge is 0.510 e. The van der Waals surface area contributed by atoms with Gasteiger partial charge >= 0.3 is 0 Å². The maximum absolute atomic E-state index is 13.1. The third-order valence-electron chi connectivity index (χ3n) is 6.75. The van der Waals surface area contributed by atoms with E-state index in [1.54, 1.807) is 27.1 Å². The van der Waals surface area contributed by atoms with Crippen LogP contribution < -0.4 is 5.73 Å². The summed E-state index contributed by atoms with van der Waals surface area (Å²) in [6, 6.07) is 1.96. The van der Waals surface area contributed by atoms with Crippen molar-refractivity contribution in [2.45, 2.75) is 31.4 Å². The SMILES string of the molecule is C#Cc1ccc(O)c(C)c1C[C@H]1C[C@H]2[C@@H](N(C)C)C(O)=C(C(N)=O)C(=O)[C@@]2(O)C(O)=C1C=O. The number of fused-ring (bicyclic) bond motifs is 1. The third-order valence-corrected chi connectivity index (χ3v) is 6.75. The van der Waals surface area contributed by atoms with E-state index in [0.717, 1.165) is 0 Å². The van der Waals surface area contributed by atoms with Gasteiger partial charge in [0.15, 0.2) is 5.60 Å². The van der Waals surface area contributed by atoms with Gasteiger partial charge in [-0.05, 0) is 63.0 Å². The maximum atomic E-state index is 13.1. The Balaban J connectivity index is 2.22. The number of nitrogens with zero attached hydrogens (tertiary/aromatic N) is 1. The van der Waals surface area contributed by atoms with E-state index in [1.165, 1.54) is 11.0 Å². The quantitative estimate of drug-likeness (QED) is 0.243. The number of phenols is 1. The van der Waals surface area contributed by atoms with Crippen molar-refractivity contribution in [2.24, 2.45) is 17.6 Å². The van der Waals surface area contributed by atoms with E-state index in [9.17, 15) is 34.8 Å². The molecule has 2 aliphatic rings. The van der Waals surface area contributed by atoms with Crippen LogP contribution in [0.2, 0.25) is 0 Å². The van der Waals surface area contributed by atoms with Crippen molar-refractivity contribution in [3.05, 3.63) is 51.5 Å². The number of amides is 1. The molecular weight excluding hydrogens is 428 g/mol. The van der Waals surface area contributed by atoms with Crippen LogP contribution in [0.4, 0.5) is 0 Å². The van der Waals surface area contributed by atoms with Crippen LogP contribution in [-0.2, 0) is 20.8 Å². The van der Waals surface area contributed by atoms with Gasteiger partial charge in [0.05, 0.1) is 6.04 Å². The number of aromatic hydroxyl groups is 1. The van der Waals surface area contributed by atoms with Crippen molar-refractivity contribution in [1.29, 1.82) is 0 Å². The number of hydrogen-bond acceptors (Lipinski definition) is 8. The molecule has 0 heterocycles. The fourth-order valence-corrected chi connectivity index (χ4v) is 5.05. The number of Topliss-reactive ketones (excluding diaryl/α,β-unsaturated/α-hetero) is 1. The molecule has 174 valence electrons. The number of likely N-dealkylation sites (N-methyl/N-ethyl adjacent to an activating group) is 1. The number of allylic oxidation sites excluding steroid dienone is 1. The fraction of sp³-hybridized carbons (Fsp3) is 0.375. The van der Waals surface area contributed by atoms with Crippen LogP contribution in [0.1, 0.15) is 23.1 Å². The topological polar surface area (TPSA) is 161 Å². The minimum absolute atomic E-state index is 0.00265. The van der Waals surface area contributed by atoms with E-state index in [-0.39, 0.29) is 24.2 Å².